The molecule has 1 aliphatic heterocycles. The van der Waals surface area contributed by atoms with Crippen molar-refractivity contribution in [2.75, 3.05) is 20.2 Å². The van der Waals surface area contributed by atoms with Crippen molar-refractivity contribution in [3.63, 3.8) is 0 Å². The van der Waals surface area contributed by atoms with Crippen molar-refractivity contribution >= 4 is 34.6 Å². The van der Waals surface area contributed by atoms with Gasteiger partial charge in [0.05, 0.1) is 6.61 Å². The Kier molecular flexibility index (Phi) is 4.23. The molecule has 22 heavy (non-hydrogen) atoms. The van der Waals surface area contributed by atoms with E-state index in [-0.39, 0.29) is 5.97 Å². The van der Waals surface area contributed by atoms with Crippen LogP contribution in [-0.4, -0.2) is 31.1 Å². The third-order valence-corrected chi connectivity index (χ3v) is 4.22. The summed E-state index contributed by atoms with van der Waals surface area (Å²) in [4.78, 5) is 13.7. The number of rotatable bonds is 3. The molecule has 0 saturated heterocycles. The normalized spacial score (nSPS) is 15.4. The van der Waals surface area contributed by atoms with Gasteiger partial charge in [0.2, 0.25) is 0 Å². The minimum Gasteiger partial charge on any atom is -0.463 e. The molecule has 3 rings (SSSR count). The van der Waals surface area contributed by atoms with Gasteiger partial charge in [-0.15, -0.1) is 0 Å². The molecule has 0 fully saturated rings. The molecule has 1 aliphatic rings. The maximum absolute atomic E-state index is 11.5. The highest BCUT2D eigenvalue weighted by Gasteiger charge is 2.22. The van der Waals surface area contributed by atoms with Gasteiger partial charge in [-0.25, -0.2) is 4.79 Å². The Bertz CT molecular complexity index is 748. The van der Waals surface area contributed by atoms with E-state index in [4.69, 9.17) is 20.8 Å². The molecule has 0 radical (unpaired) electrons. The first-order valence-corrected chi connectivity index (χ1v) is 7.74. The first-order valence-electron chi connectivity index (χ1n) is 7.36. The Hall–Kier alpha value is -1.78. The van der Waals surface area contributed by atoms with Crippen LogP contribution in [-0.2, 0) is 22.5 Å². The second kappa shape index (κ2) is 6.15. The van der Waals surface area contributed by atoms with Gasteiger partial charge in [-0.05, 0) is 44.2 Å². The summed E-state index contributed by atoms with van der Waals surface area (Å²) in [6.45, 7) is 3.85. The van der Waals surface area contributed by atoms with E-state index in [1.54, 1.807) is 13.0 Å². The molecule has 1 aromatic heterocycles. The fourth-order valence-electron chi connectivity index (χ4n) is 2.84. The van der Waals surface area contributed by atoms with Crippen LogP contribution in [0, 0.1) is 0 Å². The highest BCUT2D eigenvalue weighted by Crippen LogP contribution is 2.36. The number of carbonyl (C=O) groups excluding carboxylic acids is 1. The van der Waals surface area contributed by atoms with Crippen LogP contribution < -0.4 is 0 Å². The topological polar surface area (TPSA) is 42.7 Å². The number of hydrogen-bond donors (Lipinski definition) is 0. The van der Waals surface area contributed by atoms with Crippen molar-refractivity contribution in [2.45, 2.75) is 19.9 Å². The number of carbonyl (C=O) groups is 1. The third-order valence-electron chi connectivity index (χ3n) is 3.87. The van der Waals surface area contributed by atoms with Gasteiger partial charge in [-0.2, -0.15) is 0 Å². The zero-order chi connectivity index (χ0) is 15.7. The van der Waals surface area contributed by atoms with E-state index in [2.05, 4.69) is 11.9 Å². The minimum atomic E-state index is -0.365. The van der Waals surface area contributed by atoms with E-state index < -0.39 is 0 Å². The van der Waals surface area contributed by atoms with Crippen molar-refractivity contribution in [1.82, 2.24) is 4.90 Å². The molecule has 0 atom stereocenters. The Balaban J connectivity index is 2.10. The monoisotopic (exact) mass is 319 g/mol. The number of furan rings is 1. The lowest BCUT2D eigenvalue weighted by Gasteiger charge is -2.12. The van der Waals surface area contributed by atoms with Gasteiger partial charge in [0.15, 0.2) is 0 Å². The number of likely N-dealkylation sites (N-methyl/N-ethyl adjacent to an activating group) is 1. The summed E-state index contributed by atoms with van der Waals surface area (Å²) in [6, 6.07) is 3.76. The standard InChI is InChI=1S/C17H18ClNO3/c1-3-21-16(20)7-6-14-12-10-19(2)9-8-11-13(18)4-5-15(22-14)17(11)12/h4-7H,3,8-10H2,1-2H3/b7-6+. The molecule has 0 bridgehead atoms. The van der Waals surface area contributed by atoms with E-state index in [0.29, 0.717) is 12.4 Å². The van der Waals surface area contributed by atoms with Crippen molar-refractivity contribution in [2.24, 2.45) is 0 Å². The molecule has 0 saturated carbocycles. The van der Waals surface area contributed by atoms with Crippen molar-refractivity contribution < 1.29 is 13.9 Å². The van der Waals surface area contributed by atoms with Gasteiger partial charge < -0.3 is 14.1 Å². The van der Waals surface area contributed by atoms with Gasteiger partial charge >= 0.3 is 5.97 Å². The quantitative estimate of drug-likeness (QED) is 0.640. The molecule has 0 unspecified atom stereocenters. The predicted molar refractivity (Wildman–Crippen MR) is 86.9 cm³/mol. The molecule has 2 heterocycles. The second-order valence-electron chi connectivity index (χ2n) is 5.42. The molecule has 1 aromatic carbocycles. The van der Waals surface area contributed by atoms with Crippen molar-refractivity contribution in [1.29, 1.82) is 0 Å². The number of benzene rings is 1. The van der Waals surface area contributed by atoms with Crippen LogP contribution in [0.2, 0.25) is 5.02 Å². The molecule has 0 spiro atoms. The zero-order valence-electron chi connectivity index (χ0n) is 12.7. The lowest BCUT2D eigenvalue weighted by atomic mass is 10.0. The van der Waals surface area contributed by atoms with Gasteiger partial charge in [0, 0.05) is 35.1 Å². The molecule has 0 amide bonds. The summed E-state index contributed by atoms with van der Waals surface area (Å²) in [7, 11) is 2.07. The fraction of sp³-hybridized carbons (Fsp3) is 0.353. The Morgan fingerprint density at radius 2 is 2.27 bits per heavy atom. The molecule has 0 N–H and O–H groups in total. The van der Waals surface area contributed by atoms with Gasteiger partial charge in [0.25, 0.3) is 0 Å². The van der Waals surface area contributed by atoms with E-state index in [0.717, 1.165) is 46.6 Å². The van der Waals surface area contributed by atoms with Crippen molar-refractivity contribution in [3.8, 4) is 0 Å². The summed E-state index contributed by atoms with van der Waals surface area (Å²) in [6.07, 6.45) is 3.98. The van der Waals surface area contributed by atoms with Crippen LogP contribution in [0.5, 0.6) is 0 Å². The third kappa shape index (κ3) is 2.76. The van der Waals surface area contributed by atoms with Gasteiger partial charge in [-0.1, -0.05) is 11.6 Å². The summed E-state index contributed by atoms with van der Waals surface area (Å²) < 4.78 is 10.8. The molecule has 2 aromatic rings. The Labute approximate surface area is 134 Å². The number of hydrogen-bond acceptors (Lipinski definition) is 4. The number of esters is 1. The lowest BCUT2D eigenvalue weighted by Crippen LogP contribution is -2.18. The summed E-state index contributed by atoms with van der Waals surface area (Å²) in [5.41, 5.74) is 3.01. The molecule has 5 heteroatoms. The van der Waals surface area contributed by atoms with E-state index in [1.165, 1.54) is 6.08 Å². The van der Waals surface area contributed by atoms with Crippen LogP contribution in [0.1, 0.15) is 23.8 Å². The number of ether oxygens (including phenoxy) is 1. The van der Waals surface area contributed by atoms with Crippen LogP contribution in [0.4, 0.5) is 0 Å². The van der Waals surface area contributed by atoms with Gasteiger partial charge in [0.1, 0.15) is 11.3 Å². The molecule has 116 valence electrons. The number of halogens is 1. The summed E-state index contributed by atoms with van der Waals surface area (Å²) >= 11 is 6.36. The molecular weight excluding hydrogens is 302 g/mol. The van der Waals surface area contributed by atoms with Crippen LogP contribution in [0.15, 0.2) is 22.6 Å². The van der Waals surface area contributed by atoms with Crippen LogP contribution >= 0.6 is 11.6 Å². The van der Waals surface area contributed by atoms with Gasteiger partial charge in [-0.3, -0.25) is 0 Å². The highest BCUT2D eigenvalue weighted by atomic mass is 35.5. The van der Waals surface area contributed by atoms with Crippen LogP contribution in [0.3, 0.4) is 0 Å². The van der Waals surface area contributed by atoms with Crippen LogP contribution in [0.25, 0.3) is 17.0 Å². The Morgan fingerprint density at radius 3 is 3.05 bits per heavy atom. The average Bonchev–Trinajstić information content (AvgIpc) is 2.71. The SMILES string of the molecule is CCOC(=O)/C=C/c1oc2ccc(Cl)c3c2c1CN(C)CC3. The first-order chi connectivity index (χ1) is 10.6. The lowest BCUT2D eigenvalue weighted by molar-refractivity contribution is -0.137. The van der Waals surface area contributed by atoms with E-state index >= 15 is 0 Å². The minimum absolute atomic E-state index is 0.360. The highest BCUT2D eigenvalue weighted by molar-refractivity contribution is 6.32. The second-order valence-corrected chi connectivity index (χ2v) is 5.82. The summed E-state index contributed by atoms with van der Waals surface area (Å²) in [5, 5.41) is 1.85. The maximum atomic E-state index is 11.5. The summed E-state index contributed by atoms with van der Waals surface area (Å²) in [5.74, 6) is 0.329. The first kappa shape index (κ1) is 15.1. The smallest absolute Gasteiger partial charge is 0.330 e. The van der Waals surface area contributed by atoms with E-state index in [9.17, 15) is 4.79 Å². The number of nitrogens with zero attached hydrogens (tertiary/aromatic N) is 1. The predicted octanol–water partition coefficient (Wildman–Crippen LogP) is 3.65. The zero-order valence-corrected chi connectivity index (χ0v) is 13.4. The average molecular weight is 320 g/mol. The van der Waals surface area contributed by atoms with Crippen molar-refractivity contribution in [3.05, 3.63) is 40.1 Å². The molecule has 0 aliphatic carbocycles. The molecular formula is C17H18ClNO3. The largest absolute Gasteiger partial charge is 0.463 e. The van der Waals surface area contributed by atoms with E-state index in [1.807, 2.05) is 12.1 Å². The maximum Gasteiger partial charge on any atom is 0.330 e. The fourth-order valence-corrected chi connectivity index (χ4v) is 3.09. The Morgan fingerprint density at radius 1 is 1.45 bits per heavy atom. The molecule has 4 nitrogen and oxygen atoms in total.